The molecular weight excluding hydrogens is 417 g/mol. The van der Waals surface area contributed by atoms with Gasteiger partial charge in [0.25, 0.3) is 0 Å². The average Bonchev–Trinajstić information content (AvgIpc) is 2.61. The first-order valence-corrected chi connectivity index (χ1v) is 10.7. The molecule has 0 spiro atoms. The van der Waals surface area contributed by atoms with Gasteiger partial charge in [0.2, 0.25) is 0 Å². The minimum atomic E-state index is -3.73. The number of aromatic nitrogens is 1. The number of halogens is 3. The standard InChI is InChI=1S/C20H21F3N4O2S/c1-19(2)18(25)27-20(3,10-30(19,28)29)13-6-11(4-5-14(13)22)7-16(24)17-15(23)8-12(21)9-26-17/h4-6,8-9,24H,7,10H2,1-3H3,(H2,25,27)/t20-/m0/s1. The third kappa shape index (κ3) is 3.71. The van der Waals surface area contributed by atoms with Crippen LogP contribution in [0.5, 0.6) is 0 Å². The average molecular weight is 438 g/mol. The second-order valence-corrected chi connectivity index (χ2v) is 10.5. The van der Waals surface area contributed by atoms with E-state index in [1.807, 2.05) is 0 Å². The van der Waals surface area contributed by atoms with E-state index in [2.05, 4.69) is 9.98 Å². The molecule has 0 saturated heterocycles. The van der Waals surface area contributed by atoms with Gasteiger partial charge in [-0.15, -0.1) is 0 Å². The summed E-state index contributed by atoms with van der Waals surface area (Å²) in [5.41, 5.74) is 4.31. The van der Waals surface area contributed by atoms with Gasteiger partial charge in [-0.1, -0.05) is 12.1 Å². The van der Waals surface area contributed by atoms with E-state index in [1.54, 1.807) is 0 Å². The third-order valence-corrected chi connectivity index (χ3v) is 8.02. The quantitative estimate of drug-likeness (QED) is 0.716. The molecule has 160 valence electrons. The Morgan fingerprint density at radius 2 is 1.83 bits per heavy atom. The second kappa shape index (κ2) is 7.19. The number of pyridine rings is 1. The molecule has 30 heavy (non-hydrogen) atoms. The SMILES string of the molecule is CC1(C)C(N)=N[C@](C)(c2cc(CC(=N)c3ncc(F)cc3F)ccc2F)CS1(=O)=O. The van der Waals surface area contributed by atoms with Crippen LogP contribution in [-0.2, 0) is 21.8 Å². The Morgan fingerprint density at radius 1 is 1.17 bits per heavy atom. The van der Waals surface area contributed by atoms with E-state index in [0.29, 0.717) is 11.6 Å². The van der Waals surface area contributed by atoms with Crippen LogP contribution in [-0.4, -0.2) is 35.4 Å². The summed E-state index contributed by atoms with van der Waals surface area (Å²) in [4.78, 5) is 7.90. The highest BCUT2D eigenvalue weighted by atomic mass is 32.2. The Morgan fingerprint density at radius 3 is 2.43 bits per heavy atom. The number of nitrogens with two attached hydrogens (primary N) is 1. The Balaban J connectivity index is 2.00. The van der Waals surface area contributed by atoms with E-state index in [4.69, 9.17) is 11.1 Å². The number of amidine groups is 1. The normalized spacial score (nSPS) is 22.4. The van der Waals surface area contributed by atoms with Crippen LogP contribution in [0.3, 0.4) is 0 Å². The van der Waals surface area contributed by atoms with Crippen molar-refractivity contribution in [2.75, 3.05) is 5.75 Å². The van der Waals surface area contributed by atoms with Crippen LogP contribution in [0.15, 0.2) is 35.5 Å². The van der Waals surface area contributed by atoms with Gasteiger partial charge in [-0.2, -0.15) is 0 Å². The Kier molecular flexibility index (Phi) is 5.26. The lowest BCUT2D eigenvalue weighted by molar-refractivity contribution is 0.475. The molecular formula is C20H21F3N4O2S. The molecule has 2 aromatic rings. The van der Waals surface area contributed by atoms with Crippen LogP contribution in [0.4, 0.5) is 13.2 Å². The van der Waals surface area contributed by atoms with Crippen LogP contribution >= 0.6 is 0 Å². The molecule has 0 bridgehead atoms. The van der Waals surface area contributed by atoms with Crippen LogP contribution in [0.25, 0.3) is 0 Å². The number of nitrogens with one attached hydrogen (secondary N) is 1. The highest BCUT2D eigenvalue weighted by Gasteiger charge is 2.49. The highest BCUT2D eigenvalue weighted by Crippen LogP contribution is 2.38. The molecule has 1 aromatic carbocycles. The molecule has 0 fully saturated rings. The van der Waals surface area contributed by atoms with Crippen molar-refractivity contribution in [2.24, 2.45) is 10.7 Å². The summed E-state index contributed by atoms with van der Waals surface area (Å²) in [5.74, 6) is -3.08. The fourth-order valence-electron chi connectivity index (χ4n) is 3.30. The molecule has 0 saturated carbocycles. The number of hydrogen-bond acceptors (Lipinski definition) is 6. The first kappa shape index (κ1) is 21.9. The Labute approximate surface area is 172 Å². The molecule has 2 heterocycles. The fraction of sp³-hybridized carbons (Fsp3) is 0.350. The summed E-state index contributed by atoms with van der Waals surface area (Å²) < 4.78 is 65.7. The number of nitrogens with zero attached hydrogens (tertiary/aromatic N) is 2. The van der Waals surface area contributed by atoms with E-state index >= 15 is 0 Å². The number of rotatable bonds is 4. The topological polar surface area (TPSA) is 109 Å². The van der Waals surface area contributed by atoms with Crippen molar-refractivity contribution in [3.8, 4) is 0 Å². The van der Waals surface area contributed by atoms with Gasteiger partial charge < -0.3 is 11.1 Å². The molecule has 1 aromatic heterocycles. The van der Waals surface area contributed by atoms with Crippen LogP contribution in [0.1, 0.15) is 37.6 Å². The molecule has 3 rings (SSSR count). The monoisotopic (exact) mass is 438 g/mol. The molecule has 1 aliphatic rings. The first-order valence-electron chi connectivity index (χ1n) is 9.03. The summed E-state index contributed by atoms with van der Waals surface area (Å²) in [5, 5.41) is 8.08. The zero-order chi connectivity index (χ0) is 22.5. The fourth-order valence-corrected chi connectivity index (χ4v) is 4.99. The molecule has 0 amide bonds. The lowest BCUT2D eigenvalue weighted by Gasteiger charge is -2.38. The summed E-state index contributed by atoms with van der Waals surface area (Å²) >= 11 is 0. The van der Waals surface area contributed by atoms with Crippen molar-refractivity contribution in [3.05, 3.63) is 64.7 Å². The molecule has 0 radical (unpaired) electrons. The molecule has 0 unspecified atom stereocenters. The van der Waals surface area contributed by atoms with E-state index in [1.165, 1.54) is 32.9 Å². The van der Waals surface area contributed by atoms with Crippen molar-refractivity contribution < 1.29 is 21.6 Å². The van der Waals surface area contributed by atoms with E-state index in [0.717, 1.165) is 12.3 Å². The summed E-state index contributed by atoms with van der Waals surface area (Å²) in [7, 11) is -3.73. The summed E-state index contributed by atoms with van der Waals surface area (Å²) in [6.45, 7) is 4.36. The minimum Gasteiger partial charge on any atom is -0.386 e. The summed E-state index contributed by atoms with van der Waals surface area (Å²) in [6.07, 6.45) is 0.673. The molecule has 6 nitrogen and oxygen atoms in total. The van der Waals surface area contributed by atoms with Crippen molar-refractivity contribution >= 4 is 21.4 Å². The first-order chi connectivity index (χ1) is 13.8. The van der Waals surface area contributed by atoms with E-state index in [9.17, 15) is 21.6 Å². The van der Waals surface area contributed by atoms with Gasteiger partial charge in [0.15, 0.2) is 15.7 Å². The largest absolute Gasteiger partial charge is 0.386 e. The highest BCUT2D eigenvalue weighted by molar-refractivity contribution is 7.93. The maximum Gasteiger partial charge on any atom is 0.165 e. The second-order valence-electron chi connectivity index (χ2n) is 7.99. The Hall–Kier alpha value is -2.75. The predicted molar refractivity (Wildman–Crippen MR) is 108 cm³/mol. The van der Waals surface area contributed by atoms with Gasteiger partial charge in [-0.3, -0.25) is 4.99 Å². The van der Waals surface area contributed by atoms with Crippen LogP contribution in [0, 0.1) is 22.9 Å². The van der Waals surface area contributed by atoms with E-state index in [-0.39, 0.29) is 29.2 Å². The van der Waals surface area contributed by atoms with Crippen molar-refractivity contribution in [3.63, 3.8) is 0 Å². The maximum atomic E-state index is 14.7. The molecule has 10 heteroatoms. The molecule has 3 N–H and O–H groups in total. The van der Waals surface area contributed by atoms with Crippen molar-refractivity contribution in [2.45, 2.75) is 37.5 Å². The third-order valence-electron chi connectivity index (χ3n) is 5.32. The van der Waals surface area contributed by atoms with Gasteiger partial charge >= 0.3 is 0 Å². The van der Waals surface area contributed by atoms with Gasteiger partial charge in [0, 0.05) is 18.1 Å². The van der Waals surface area contributed by atoms with Crippen LogP contribution in [0.2, 0.25) is 0 Å². The minimum absolute atomic E-state index is 0.00219. The van der Waals surface area contributed by atoms with Gasteiger partial charge in [0.05, 0.1) is 17.7 Å². The van der Waals surface area contributed by atoms with Crippen molar-refractivity contribution in [1.82, 2.24) is 4.98 Å². The number of aliphatic imine (C=N–C) groups is 1. The van der Waals surface area contributed by atoms with Crippen molar-refractivity contribution in [1.29, 1.82) is 5.41 Å². The maximum absolute atomic E-state index is 14.7. The van der Waals surface area contributed by atoms with Gasteiger partial charge in [-0.05, 0) is 32.4 Å². The van der Waals surface area contributed by atoms with Crippen LogP contribution < -0.4 is 5.73 Å². The van der Waals surface area contributed by atoms with E-state index < -0.39 is 43.3 Å². The van der Waals surface area contributed by atoms with Gasteiger partial charge in [0.1, 0.15) is 33.4 Å². The molecule has 1 aliphatic heterocycles. The smallest absolute Gasteiger partial charge is 0.165 e. The molecule has 0 aliphatic carbocycles. The summed E-state index contributed by atoms with van der Waals surface area (Å²) in [6, 6.07) is 4.54. The number of hydrogen-bond donors (Lipinski definition) is 2. The zero-order valence-electron chi connectivity index (χ0n) is 16.6. The number of sulfone groups is 1. The van der Waals surface area contributed by atoms with Gasteiger partial charge in [-0.25, -0.2) is 26.6 Å². The Bertz CT molecular complexity index is 1180. The zero-order valence-corrected chi connectivity index (χ0v) is 17.4. The molecule has 1 atom stereocenters. The lowest BCUT2D eigenvalue weighted by Crippen LogP contribution is -2.55. The lowest BCUT2D eigenvalue weighted by atomic mass is 9.90. The predicted octanol–water partition coefficient (Wildman–Crippen LogP) is 2.89. The number of benzene rings is 1.